The number of imidazole rings is 1. The summed E-state index contributed by atoms with van der Waals surface area (Å²) in [4.78, 5) is 30.6. The zero-order chi connectivity index (χ0) is 18.1. The SMILES string of the molecule is COC1CC(c2ncc(-c3cccnc3)[nH]2)N(C(=O)c2ocnc2C)C1. The molecule has 0 spiro atoms. The second-order valence-corrected chi connectivity index (χ2v) is 6.26. The average Bonchev–Trinajstić information content (AvgIpc) is 3.40. The van der Waals surface area contributed by atoms with Crippen LogP contribution in [0.2, 0.25) is 0 Å². The predicted molar refractivity (Wildman–Crippen MR) is 92.3 cm³/mol. The molecule has 1 fully saturated rings. The molecular weight excluding hydrogens is 334 g/mol. The van der Waals surface area contributed by atoms with E-state index in [1.165, 1.54) is 6.39 Å². The molecule has 0 bridgehead atoms. The van der Waals surface area contributed by atoms with Gasteiger partial charge in [0.05, 0.1) is 29.7 Å². The van der Waals surface area contributed by atoms with Gasteiger partial charge < -0.3 is 19.0 Å². The Morgan fingerprint density at radius 3 is 2.96 bits per heavy atom. The van der Waals surface area contributed by atoms with E-state index < -0.39 is 0 Å². The minimum absolute atomic E-state index is 0.0564. The number of likely N-dealkylation sites (tertiary alicyclic amines) is 1. The number of ether oxygens (including phenoxy) is 1. The molecule has 134 valence electrons. The van der Waals surface area contributed by atoms with Crippen molar-refractivity contribution >= 4 is 5.91 Å². The van der Waals surface area contributed by atoms with Gasteiger partial charge in [-0.3, -0.25) is 9.78 Å². The lowest BCUT2D eigenvalue weighted by molar-refractivity contribution is 0.0653. The molecule has 4 heterocycles. The number of H-pyrrole nitrogens is 1. The van der Waals surface area contributed by atoms with Gasteiger partial charge in [0, 0.05) is 38.0 Å². The second kappa shape index (κ2) is 6.72. The lowest BCUT2D eigenvalue weighted by atomic mass is 10.2. The van der Waals surface area contributed by atoms with Crippen LogP contribution < -0.4 is 0 Å². The van der Waals surface area contributed by atoms with Gasteiger partial charge in [0.25, 0.3) is 5.91 Å². The van der Waals surface area contributed by atoms with Gasteiger partial charge in [-0.1, -0.05) is 0 Å². The zero-order valence-electron chi connectivity index (χ0n) is 14.5. The summed E-state index contributed by atoms with van der Waals surface area (Å²) >= 11 is 0. The summed E-state index contributed by atoms with van der Waals surface area (Å²) in [7, 11) is 1.65. The Balaban J connectivity index is 1.64. The number of amides is 1. The molecule has 2 atom stereocenters. The average molecular weight is 353 g/mol. The topological polar surface area (TPSA) is 97.1 Å². The van der Waals surface area contributed by atoms with Crippen LogP contribution in [0.3, 0.4) is 0 Å². The van der Waals surface area contributed by atoms with E-state index in [-0.39, 0.29) is 23.8 Å². The van der Waals surface area contributed by atoms with Crippen molar-refractivity contribution in [3.05, 3.63) is 54.4 Å². The maximum absolute atomic E-state index is 12.9. The molecule has 0 aliphatic carbocycles. The molecule has 0 saturated carbocycles. The minimum atomic E-state index is -0.220. The van der Waals surface area contributed by atoms with Gasteiger partial charge in [-0.15, -0.1) is 0 Å². The summed E-state index contributed by atoms with van der Waals surface area (Å²) in [6.07, 6.45) is 7.14. The number of methoxy groups -OCH3 is 1. The number of nitrogens with one attached hydrogen (secondary N) is 1. The lowest BCUT2D eigenvalue weighted by Crippen LogP contribution is -2.32. The van der Waals surface area contributed by atoms with Gasteiger partial charge in [-0.2, -0.15) is 0 Å². The molecule has 1 amide bonds. The van der Waals surface area contributed by atoms with Crippen molar-refractivity contribution in [3.8, 4) is 11.3 Å². The number of aromatic amines is 1. The van der Waals surface area contributed by atoms with Crippen molar-refractivity contribution in [1.29, 1.82) is 0 Å². The molecule has 4 rings (SSSR count). The summed E-state index contributed by atoms with van der Waals surface area (Å²) in [5.74, 6) is 0.767. The fourth-order valence-electron chi connectivity index (χ4n) is 3.26. The van der Waals surface area contributed by atoms with Crippen molar-refractivity contribution in [1.82, 2.24) is 24.8 Å². The molecule has 3 aromatic heterocycles. The molecule has 1 saturated heterocycles. The van der Waals surface area contributed by atoms with Crippen LogP contribution in [0.1, 0.15) is 34.5 Å². The van der Waals surface area contributed by atoms with Gasteiger partial charge in [0.2, 0.25) is 5.76 Å². The molecule has 1 aliphatic heterocycles. The van der Waals surface area contributed by atoms with E-state index >= 15 is 0 Å². The van der Waals surface area contributed by atoms with Gasteiger partial charge in [0.1, 0.15) is 5.82 Å². The summed E-state index contributed by atoms with van der Waals surface area (Å²) < 4.78 is 10.8. The Kier molecular flexibility index (Phi) is 4.26. The number of carbonyl (C=O) groups excluding carboxylic acids is 1. The van der Waals surface area contributed by atoms with E-state index in [0.29, 0.717) is 24.5 Å². The van der Waals surface area contributed by atoms with Crippen molar-refractivity contribution in [2.24, 2.45) is 0 Å². The van der Waals surface area contributed by atoms with Gasteiger partial charge in [0.15, 0.2) is 6.39 Å². The molecule has 3 aromatic rings. The van der Waals surface area contributed by atoms with Crippen LogP contribution in [0, 0.1) is 6.92 Å². The number of nitrogens with zero attached hydrogens (tertiary/aromatic N) is 4. The van der Waals surface area contributed by atoms with Crippen molar-refractivity contribution in [3.63, 3.8) is 0 Å². The largest absolute Gasteiger partial charge is 0.438 e. The second-order valence-electron chi connectivity index (χ2n) is 6.26. The van der Waals surface area contributed by atoms with E-state index in [4.69, 9.17) is 9.15 Å². The molecular formula is C18H19N5O3. The third kappa shape index (κ3) is 2.88. The standard InChI is InChI=1S/C18H19N5O3/c1-11-16(26-10-21-11)18(24)23-9-13(25-2)6-15(23)17-20-8-14(22-17)12-4-3-5-19-7-12/h3-5,7-8,10,13,15H,6,9H2,1-2H3,(H,20,22). The Hall–Kier alpha value is -3.00. The van der Waals surface area contributed by atoms with Gasteiger partial charge in [-0.05, 0) is 19.1 Å². The van der Waals surface area contributed by atoms with Crippen molar-refractivity contribution in [2.75, 3.05) is 13.7 Å². The van der Waals surface area contributed by atoms with E-state index in [9.17, 15) is 4.79 Å². The summed E-state index contributed by atoms with van der Waals surface area (Å²) in [6.45, 7) is 2.23. The number of aryl methyl sites for hydroxylation is 1. The number of hydrogen-bond acceptors (Lipinski definition) is 6. The van der Waals surface area contributed by atoms with Crippen LogP contribution in [0.15, 0.2) is 41.5 Å². The number of rotatable bonds is 4. The first-order chi connectivity index (χ1) is 12.7. The highest BCUT2D eigenvalue weighted by Crippen LogP contribution is 2.34. The molecule has 0 radical (unpaired) electrons. The lowest BCUT2D eigenvalue weighted by Gasteiger charge is -2.21. The summed E-state index contributed by atoms with van der Waals surface area (Å²) in [6, 6.07) is 3.61. The highest BCUT2D eigenvalue weighted by Gasteiger charge is 2.39. The smallest absolute Gasteiger partial charge is 0.292 e. The molecule has 26 heavy (non-hydrogen) atoms. The molecule has 8 nitrogen and oxygen atoms in total. The predicted octanol–water partition coefficient (Wildman–Crippen LogP) is 2.37. The number of hydrogen-bond donors (Lipinski definition) is 1. The van der Waals surface area contributed by atoms with E-state index in [1.54, 1.807) is 37.5 Å². The molecule has 0 aromatic carbocycles. The van der Waals surface area contributed by atoms with Crippen LogP contribution in [-0.4, -0.2) is 50.5 Å². The van der Waals surface area contributed by atoms with Crippen molar-refractivity contribution in [2.45, 2.75) is 25.5 Å². The first kappa shape index (κ1) is 16.5. The van der Waals surface area contributed by atoms with Crippen LogP contribution in [-0.2, 0) is 4.74 Å². The number of aromatic nitrogens is 4. The van der Waals surface area contributed by atoms with Crippen LogP contribution in [0.4, 0.5) is 0 Å². The highest BCUT2D eigenvalue weighted by molar-refractivity contribution is 5.92. The number of carbonyl (C=O) groups is 1. The zero-order valence-corrected chi connectivity index (χ0v) is 14.5. The molecule has 8 heteroatoms. The maximum atomic E-state index is 12.9. The molecule has 2 unspecified atom stereocenters. The Bertz CT molecular complexity index is 904. The molecule has 1 N–H and O–H groups in total. The quantitative estimate of drug-likeness (QED) is 0.773. The van der Waals surface area contributed by atoms with Gasteiger partial charge >= 0.3 is 0 Å². The van der Waals surface area contributed by atoms with Gasteiger partial charge in [-0.25, -0.2) is 9.97 Å². The minimum Gasteiger partial charge on any atom is -0.438 e. The Morgan fingerprint density at radius 2 is 2.27 bits per heavy atom. The fourth-order valence-corrected chi connectivity index (χ4v) is 3.26. The Labute approximate surface area is 150 Å². The van der Waals surface area contributed by atoms with E-state index in [1.807, 2.05) is 12.1 Å². The van der Waals surface area contributed by atoms with Crippen LogP contribution in [0.5, 0.6) is 0 Å². The fraction of sp³-hybridized carbons (Fsp3) is 0.333. The Morgan fingerprint density at radius 1 is 1.38 bits per heavy atom. The summed E-state index contributed by atoms with van der Waals surface area (Å²) in [5.41, 5.74) is 2.37. The normalized spacial score (nSPS) is 19.8. The third-order valence-corrected chi connectivity index (χ3v) is 4.68. The summed E-state index contributed by atoms with van der Waals surface area (Å²) in [5, 5.41) is 0. The van der Waals surface area contributed by atoms with E-state index in [0.717, 1.165) is 11.3 Å². The van der Waals surface area contributed by atoms with Crippen LogP contribution in [0.25, 0.3) is 11.3 Å². The van der Waals surface area contributed by atoms with Crippen molar-refractivity contribution < 1.29 is 13.9 Å². The monoisotopic (exact) mass is 353 g/mol. The molecule has 1 aliphatic rings. The maximum Gasteiger partial charge on any atom is 0.292 e. The first-order valence-corrected chi connectivity index (χ1v) is 8.36. The first-order valence-electron chi connectivity index (χ1n) is 8.36. The third-order valence-electron chi connectivity index (χ3n) is 4.68. The highest BCUT2D eigenvalue weighted by atomic mass is 16.5. The number of pyridine rings is 1. The number of oxazole rings is 1. The van der Waals surface area contributed by atoms with Crippen LogP contribution >= 0.6 is 0 Å². The van der Waals surface area contributed by atoms with E-state index in [2.05, 4.69) is 19.9 Å².